The normalized spacial score (nSPS) is 16.6. The number of hydrogen-bond acceptors (Lipinski definition) is 8. The first-order valence-electron chi connectivity index (χ1n) is 11.6. The van der Waals surface area contributed by atoms with Crippen LogP contribution in [0.2, 0.25) is 0 Å². The first-order chi connectivity index (χ1) is 17.1. The van der Waals surface area contributed by atoms with E-state index in [1.54, 1.807) is 17.7 Å². The largest absolute Gasteiger partial charge is 0.494 e. The van der Waals surface area contributed by atoms with Crippen LogP contribution in [0.4, 0.5) is 21.7 Å². The highest BCUT2D eigenvalue weighted by molar-refractivity contribution is 5.69. The SMILES string of the molecule is COc1cc(N2CCN(CCO)[C@@H](C)C2)ccc1Nc1ncc(F)c(-c2cnc3ccccn23)n1. The van der Waals surface area contributed by atoms with Gasteiger partial charge >= 0.3 is 0 Å². The maximum Gasteiger partial charge on any atom is 0.228 e. The van der Waals surface area contributed by atoms with Crippen molar-refractivity contribution in [2.24, 2.45) is 0 Å². The van der Waals surface area contributed by atoms with Gasteiger partial charge in [0, 0.05) is 50.2 Å². The van der Waals surface area contributed by atoms with Crippen LogP contribution in [0, 0.1) is 5.82 Å². The fourth-order valence-electron chi connectivity index (χ4n) is 4.51. The molecule has 0 radical (unpaired) electrons. The highest BCUT2D eigenvalue weighted by atomic mass is 19.1. The number of pyridine rings is 1. The molecule has 1 aliphatic heterocycles. The number of halogens is 1. The molecular weight excluding hydrogens is 449 g/mol. The average molecular weight is 478 g/mol. The lowest BCUT2D eigenvalue weighted by molar-refractivity contribution is 0.146. The van der Waals surface area contributed by atoms with Gasteiger partial charge in [0.15, 0.2) is 5.82 Å². The molecule has 2 N–H and O–H groups in total. The Labute approximate surface area is 202 Å². The summed E-state index contributed by atoms with van der Waals surface area (Å²) in [7, 11) is 1.61. The minimum Gasteiger partial charge on any atom is -0.494 e. The minimum atomic E-state index is -0.530. The Hall–Kier alpha value is -3.76. The number of β-amino-alcohol motifs (C(OH)–C–C–N with tert-alkyl or cyclic N) is 1. The molecule has 9 nitrogen and oxygen atoms in total. The number of anilines is 3. The summed E-state index contributed by atoms with van der Waals surface area (Å²) in [6.45, 7) is 5.64. The lowest BCUT2D eigenvalue weighted by Crippen LogP contribution is -2.52. The van der Waals surface area contributed by atoms with E-state index in [4.69, 9.17) is 4.74 Å². The quantitative estimate of drug-likeness (QED) is 0.420. The number of aliphatic hydroxyl groups is 1. The van der Waals surface area contributed by atoms with E-state index in [-0.39, 0.29) is 18.2 Å². The number of fused-ring (bicyclic) bond motifs is 1. The Balaban J connectivity index is 1.38. The number of aromatic nitrogens is 4. The van der Waals surface area contributed by atoms with Gasteiger partial charge in [-0.25, -0.2) is 19.3 Å². The molecule has 10 heteroatoms. The Morgan fingerprint density at radius 3 is 2.86 bits per heavy atom. The van der Waals surface area contributed by atoms with E-state index in [1.165, 1.54) is 0 Å². The number of hydrogen-bond donors (Lipinski definition) is 2. The van der Waals surface area contributed by atoms with Crippen LogP contribution >= 0.6 is 0 Å². The molecule has 1 aromatic carbocycles. The standard InChI is InChI=1S/C25H28FN7O2/c1-17-16-32(10-9-31(17)11-12-34)18-6-7-20(22(13-18)35-2)29-25-28-14-19(26)24(30-25)21-15-27-23-5-3-4-8-33(21)23/h3-8,13-15,17,34H,9-12,16H2,1-2H3,(H,28,29,30)/t17-/m0/s1. The third kappa shape index (κ3) is 4.62. The van der Waals surface area contributed by atoms with Gasteiger partial charge in [0.05, 0.1) is 37.5 Å². The van der Waals surface area contributed by atoms with E-state index < -0.39 is 5.82 Å². The molecule has 0 spiro atoms. The highest BCUT2D eigenvalue weighted by Gasteiger charge is 2.24. The van der Waals surface area contributed by atoms with Crippen LogP contribution in [0.5, 0.6) is 5.75 Å². The van der Waals surface area contributed by atoms with Gasteiger partial charge in [-0.15, -0.1) is 0 Å². The molecule has 182 valence electrons. The van der Waals surface area contributed by atoms with Crippen LogP contribution in [-0.4, -0.2) is 75.3 Å². The van der Waals surface area contributed by atoms with Crippen molar-refractivity contribution in [3.8, 4) is 17.1 Å². The van der Waals surface area contributed by atoms with Gasteiger partial charge in [-0.05, 0) is 31.2 Å². The average Bonchev–Trinajstić information content (AvgIpc) is 3.31. The van der Waals surface area contributed by atoms with E-state index in [1.807, 2.05) is 42.6 Å². The van der Waals surface area contributed by atoms with Crippen LogP contribution in [-0.2, 0) is 0 Å². The number of imidazole rings is 1. The van der Waals surface area contributed by atoms with E-state index in [2.05, 4.69) is 37.0 Å². The van der Waals surface area contributed by atoms with Crippen LogP contribution in [0.15, 0.2) is 55.0 Å². The molecule has 1 aliphatic rings. The van der Waals surface area contributed by atoms with Crippen molar-refractivity contribution in [3.63, 3.8) is 0 Å². The van der Waals surface area contributed by atoms with E-state index in [0.717, 1.165) is 31.5 Å². The Morgan fingerprint density at radius 1 is 1.17 bits per heavy atom. The third-order valence-electron chi connectivity index (χ3n) is 6.35. The number of nitrogens with zero attached hydrogens (tertiary/aromatic N) is 6. The van der Waals surface area contributed by atoms with Crippen molar-refractivity contribution < 1.29 is 14.2 Å². The first kappa shape index (κ1) is 23.0. The lowest BCUT2D eigenvalue weighted by Gasteiger charge is -2.40. The Kier molecular flexibility index (Phi) is 6.47. The number of benzene rings is 1. The van der Waals surface area contributed by atoms with Crippen LogP contribution in [0.25, 0.3) is 17.0 Å². The molecule has 0 saturated carbocycles. The predicted octanol–water partition coefficient (Wildman–Crippen LogP) is 3.19. The summed E-state index contributed by atoms with van der Waals surface area (Å²) >= 11 is 0. The Bertz CT molecular complexity index is 1330. The fraction of sp³-hybridized carbons (Fsp3) is 0.320. The second-order valence-electron chi connectivity index (χ2n) is 8.53. The minimum absolute atomic E-state index is 0.159. The summed E-state index contributed by atoms with van der Waals surface area (Å²) in [5.74, 6) is 0.361. The smallest absolute Gasteiger partial charge is 0.228 e. The molecule has 1 fully saturated rings. The van der Waals surface area contributed by atoms with Crippen molar-refractivity contribution in [2.75, 3.05) is 50.1 Å². The van der Waals surface area contributed by atoms with Crippen molar-refractivity contribution in [2.45, 2.75) is 13.0 Å². The maximum absolute atomic E-state index is 14.7. The van der Waals surface area contributed by atoms with Crippen LogP contribution in [0.3, 0.4) is 0 Å². The van der Waals surface area contributed by atoms with Crippen molar-refractivity contribution in [3.05, 3.63) is 60.8 Å². The molecule has 0 amide bonds. The monoisotopic (exact) mass is 477 g/mol. The molecule has 5 rings (SSSR count). The molecule has 1 atom stereocenters. The third-order valence-corrected chi connectivity index (χ3v) is 6.35. The first-order valence-corrected chi connectivity index (χ1v) is 11.6. The topological polar surface area (TPSA) is 91.0 Å². The maximum atomic E-state index is 14.7. The second kappa shape index (κ2) is 9.85. The molecule has 3 aromatic heterocycles. The Morgan fingerprint density at radius 2 is 2.06 bits per heavy atom. The predicted molar refractivity (Wildman–Crippen MR) is 133 cm³/mol. The van der Waals surface area contributed by atoms with Gasteiger partial charge in [-0.3, -0.25) is 9.30 Å². The van der Waals surface area contributed by atoms with Gasteiger partial charge in [0.25, 0.3) is 0 Å². The molecule has 4 heterocycles. The summed E-state index contributed by atoms with van der Waals surface area (Å²) < 4.78 is 22.1. The van der Waals surface area contributed by atoms with Gasteiger partial charge in [0.2, 0.25) is 5.95 Å². The zero-order chi connectivity index (χ0) is 24.4. The summed E-state index contributed by atoms with van der Waals surface area (Å²) in [6.07, 6.45) is 4.57. The van der Waals surface area contributed by atoms with E-state index in [0.29, 0.717) is 35.4 Å². The molecule has 35 heavy (non-hydrogen) atoms. The summed E-state index contributed by atoms with van der Waals surface area (Å²) in [5.41, 5.74) is 3.14. The molecule has 4 aromatic rings. The summed E-state index contributed by atoms with van der Waals surface area (Å²) in [4.78, 5) is 17.5. The fourth-order valence-corrected chi connectivity index (χ4v) is 4.51. The molecule has 1 saturated heterocycles. The van der Waals surface area contributed by atoms with Crippen LogP contribution < -0.4 is 15.0 Å². The summed E-state index contributed by atoms with van der Waals surface area (Å²) in [6, 6.07) is 11.8. The number of nitrogens with one attached hydrogen (secondary N) is 1. The molecule has 0 unspecified atom stereocenters. The zero-order valence-corrected chi connectivity index (χ0v) is 19.7. The number of piperazine rings is 1. The number of ether oxygens (including phenoxy) is 1. The van der Waals surface area contributed by atoms with Crippen molar-refractivity contribution >= 4 is 23.0 Å². The van der Waals surface area contributed by atoms with Gasteiger partial charge < -0.3 is 20.1 Å². The van der Waals surface area contributed by atoms with Crippen molar-refractivity contribution in [1.29, 1.82) is 0 Å². The van der Waals surface area contributed by atoms with Gasteiger partial charge in [-0.1, -0.05) is 6.07 Å². The van der Waals surface area contributed by atoms with E-state index in [9.17, 15) is 9.50 Å². The number of rotatable bonds is 7. The summed E-state index contributed by atoms with van der Waals surface area (Å²) in [5, 5.41) is 12.4. The van der Waals surface area contributed by atoms with Crippen LogP contribution in [0.1, 0.15) is 6.92 Å². The second-order valence-corrected chi connectivity index (χ2v) is 8.53. The lowest BCUT2D eigenvalue weighted by atomic mass is 10.1. The van der Waals surface area contributed by atoms with Crippen molar-refractivity contribution in [1.82, 2.24) is 24.3 Å². The molecular formula is C25H28FN7O2. The molecule has 0 bridgehead atoms. The highest BCUT2D eigenvalue weighted by Crippen LogP contribution is 2.33. The zero-order valence-electron chi connectivity index (χ0n) is 19.7. The van der Waals surface area contributed by atoms with Gasteiger partial charge in [-0.2, -0.15) is 0 Å². The number of aliphatic hydroxyl groups excluding tert-OH is 1. The number of methoxy groups -OCH3 is 1. The van der Waals surface area contributed by atoms with Gasteiger partial charge in [0.1, 0.15) is 17.1 Å². The molecule has 0 aliphatic carbocycles. The van der Waals surface area contributed by atoms with E-state index >= 15 is 0 Å².